The molecule has 1 aliphatic carbocycles. The molecule has 1 fully saturated rings. The van der Waals surface area contributed by atoms with Crippen molar-refractivity contribution in [2.75, 3.05) is 18.4 Å². The highest BCUT2D eigenvalue weighted by Crippen LogP contribution is 2.39. The van der Waals surface area contributed by atoms with Crippen molar-refractivity contribution >= 4 is 26.7 Å². The summed E-state index contributed by atoms with van der Waals surface area (Å²) in [6, 6.07) is 16.2. The van der Waals surface area contributed by atoms with Gasteiger partial charge in [-0.25, -0.2) is 23.1 Å². The molecule has 0 spiro atoms. The van der Waals surface area contributed by atoms with Crippen LogP contribution in [0.2, 0.25) is 0 Å². The quantitative estimate of drug-likeness (QED) is 0.627. The molecule has 1 aliphatic rings. The fraction of sp³-hybridized carbons (Fsp3) is 0.263. The summed E-state index contributed by atoms with van der Waals surface area (Å²) < 4.78 is 27.1. The van der Waals surface area contributed by atoms with E-state index >= 15 is 0 Å². The lowest BCUT2D eigenvalue weighted by molar-refractivity contribution is 0.583. The molecule has 6 nitrogen and oxygen atoms in total. The number of nitrogens with zero attached hydrogens (tertiary/aromatic N) is 2. The minimum atomic E-state index is -3.49. The molecular formula is C19H20N4O2S. The van der Waals surface area contributed by atoms with Gasteiger partial charge in [0.15, 0.2) is 0 Å². The summed E-state index contributed by atoms with van der Waals surface area (Å²) in [7, 11) is -3.49. The van der Waals surface area contributed by atoms with Crippen LogP contribution in [0.1, 0.15) is 24.6 Å². The first-order chi connectivity index (χ1) is 12.6. The van der Waals surface area contributed by atoms with Crippen LogP contribution in [-0.2, 0) is 10.0 Å². The topological polar surface area (TPSA) is 84.0 Å². The van der Waals surface area contributed by atoms with Gasteiger partial charge in [0.05, 0.1) is 10.4 Å². The number of hydrogen-bond donors (Lipinski definition) is 2. The Hall–Kier alpha value is -2.51. The Morgan fingerprint density at radius 3 is 2.42 bits per heavy atom. The van der Waals surface area contributed by atoms with E-state index in [9.17, 15) is 8.42 Å². The highest BCUT2D eigenvalue weighted by Gasteiger charge is 2.27. The van der Waals surface area contributed by atoms with Crippen LogP contribution < -0.4 is 10.0 Å². The average molecular weight is 368 g/mol. The van der Waals surface area contributed by atoms with Crippen molar-refractivity contribution in [3.63, 3.8) is 0 Å². The van der Waals surface area contributed by atoms with Gasteiger partial charge >= 0.3 is 0 Å². The molecule has 0 bridgehead atoms. The van der Waals surface area contributed by atoms with E-state index in [0.717, 1.165) is 35.4 Å². The predicted molar refractivity (Wildman–Crippen MR) is 102 cm³/mol. The zero-order valence-corrected chi connectivity index (χ0v) is 15.0. The molecule has 1 aromatic heterocycles. The Kier molecular flexibility index (Phi) is 4.57. The van der Waals surface area contributed by atoms with Crippen molar-refractivity contribution in [2.24, 2.45) is 0 Å². The third-order valence-electron chi connectivity index (χ3n) is 4.33. The summed E-state index contributed by atoms with van der Waals surface area (Å²) in [6.07, 6.45) is 2.27. The molecule has 0 aliphatic heterocycles. The lowest BCUT2D eigenvalue weighted by Gasteiger charge is -2.11. The second-order valence-corrected chi connectivity index (χ2v) is 8.13. The van der Waals surface area contributed by atoms with Crippen molar-refractivity contribution in [3.8, 4) is 0 Å². The Morgan fingerprint density at radius 1 is 0.923 bits per heavy atom. The van der Waals surface area contributed by atoms with Gasteiger partial charge in [0.2, 0.25) is 10.0 Å². The number of anilines is 1. The Morgan fingerprint density at radius 2 is 1.65 bits per heavy atom. The lowest BCUT2D eigenvalue weighted by Crippen LogP contribution is -2.29. The van der Waals surface area contributed by atoms with Gasteiger partial charge in [-0.3, -0.25) is 0 Å². The summed E-state index contributed by atoms with van der Waals surface area (Å²) in [5, 5.41) is 4.20. The molecule has 0 saturated heterocycles. The Balaban J connectivity index is 1.45. The number of benzene rings is 2. The molecule has 0 amide bonds. The van der Waals surface area contributed by atoms with Crippen molar-refractivity contribution in [1.29, 1.82) is 0 Å². The van der Waals surface area contributed by atoms with E-state index in [1.165, 1.54) is 0 Å². The molecule has 1 saturated carbocycles. The minimum absolute atomic E-state index is 0.267. The standard InChI is InChI=1S/C19H20N4O2S/c24-26(25,15-6-2-1-3-7-15)21-13-12-20-19-16-8-4-5-9-17(16)22-18(23-19)14-10-11-14/h1-9,14,21H,10-13H2,(H,20,22,23). The first-order valence-electron chi connectivity index (χ1n) is 8.69. The van der Waals surface area contributed by atoms with Crippen molar-refractivity contribution in [1.82, 2.24) is 14.7 Å². The normalized spacial score (nSPS) is 14.5. The van der Waals surface area contributed by atoms with Crippen molar-refractivity contribution < 1.29 is 8.42 Å². The SMILES string of the molecule is O=S(=O)(NCCNc1nc(C2CC2)nc2ccccc12)c1ccccc1. The van der Waals surface area contributed by atoms with Crippen molar-refractivity contribution in [2.45, 2.75) is 23.7 Å². The number of hydrogen-bond acceptors (Lipinski definition) is 5. The number of fused-ring (bicyclic) bond motifs is 1. The lowest BCUT2D eigenvalue weighted by atomic mass is 10.2. The van der Waals surface area contributed by atoms with E-state index in [0.29, 0.717) is 12.5 Å². The van der Waals surface area contributed by atoms with Crippen LogP contribution in [0.25, 0.3) is 10.9 Å². The number of sulfonamides is 1. The Bertz CT molecular complexity index is 1020. The molecule has 2 N–H and O–H groups in total. The highest BCUT2D eigenvalue weighted by molar-refractivity contribution is 7.89. The molecule has 26 heavy (non-hydrogen) atoms. The van der Waals surface area contributed by atoms with Crippen LogP contribution in [0.15, 0.2) is 59.5 Å². The highest BCUT2D eigenvalue weighted by atomic mass is 32.2. The maximum Gasteiger partial charge on any atom is 0.240 e. The molecule has 134 valence electrons. The van der Waals surface area contributed by atoms with Crippen LogP contribution in [0, 0.1) is 0 Å². The Labute approximate surface area is 152 Å². The largest absolute Gasteiger partial charge is 0.368 e. The van der Waals surface area contributed by atoms with Gasteiger partial charge in [-0.2, -0.15) is 0 Å². The van der Waals surface area contributed by atoms with E-state index in [1.807, 2.05) is 24.3 Å². The van der Waals surface area contributed by atoms with Gasteiger partial charge < -0.3 is 5.32 Å². The molecule has 0 radical (unpaired) electrons. The maximum absolute atomic E-state index is 12.2. The van der Waals surface area contributed by atoms with Gasteiger partial charge in [0.1, 0.15) is 11.6 Å². The molecule has 7 heteroatoms. The third kappa shape index (κ3) is 3.68. The molecule has 0 atom stereocenters. The summed E-state index contributed by atoms with van der Waals surface area (Å²) in [5.41, 5.74) is 0.914. The van der Waals surface area contributed by atoms with Gasteiger partial charge in [-0.05, 0) is 37.1 Å². The van der Waals surface area contributed by atoms with E-state index in [1.54, 1.807) is 30.3 Å². The van der Waals surface area contributed by atoms with Crippen LogP contribution in [0.5, 0.6) is 0 Å². The molecule has 2 aromatic carbocycles. The first kappa shape index (κ1) is 16.9. The fourth-order valence-electron chi connectivity index (χ4n) is 2.80. The van der Waals surface area contributed by atoms with Crippen LogP contribution in [0.4, 0.5) is 5.82 Å². The number of rotatable bonds is 7. The number of nitrogens with one attached hydrogen (secondary N) is 2. The van der Waals surface area contributed by atoms with E-state index in [-0.39, 0.29) is 11.4 Å². The van der Waals surface area contributed by atoms with E-state index in [2.05, 4.69) is 20.0 Å². The van der Waals surface area contributed by atoms with Crippen LogP contribution in [-0.4, -0.2) is 31.5 Å². The number of aromatic nitrogens is 2. The fourth-order valence-corrected chi connectivity index (χ4v) is 3.86. The average Bonchev–Trinajstić information content (AvgIpc) is 3.51. The second kappa shape index (κ2) is 7.01. The van der Waals surface area contributed by atoms with Crippen molar-refractivity contribution in [3.05, 3.63) is 60.4 Å². The van der Waals surface area contributed by atoms with E-state index in [4.69, 9.17) is 0 Å². The van der Waals surface area contributed by atoms with Gasteiger partial charge in [0, 0.05) is 24.4 Å². The van der Waals surface area contributed by atoms with Crippen LogP contribution in [0.3, 0.4) is 0 Å². The smallest absolute Gasteiger partial charge is 0.240 e. The monoisotopic (exact) mass is 368 g/mol. The molecule has 0 unspecified atom stereocenters. The zero-order chi connectivity index (χ0) is 18.0. The molecule has 1 heterocycles. The third-order valence-corrected chi connectivity index (χ3v) is 5.80. The van der Waals surface area contributed by atoms with Gasteiger partial charge in [-0.1, -0.05) is 30.3 Å². The molecular weight excluding hydrogens is 348 g/mol. The summed E-state index contributed by atoms with van der Waals surface area (Å²) >= 11 is 0. The van der Waals surface area contributed by atoms with Gasteiger partial charge in [0.25, 0.3) is 0 Å². The minimum Gasteiger partial charge on any atom is -0.368 e. The summed E-state index contributed by atoms with van der Waals surface area (Å²) in [5.74, 6) is 2.09. The summed E-state index contributed by atoms with van der Waals surface area (Å²) in [4.78, 5) is 9.57. The first-order valence-corrected chi connectivity index (χ1v) is 10.2. The summed E-state index contributed by atoms with van der Waals surface area (Å²) in [6.45, 7) is 0.714. The molecule has 4 rings (SSSR count). The number of para-hydroxylation sites is 1. The second-order valence-electron chi connectivity index (χ2n) is 6.36. The molecule has 3 aromatic rings. The predicted octanol–water partition coefficient (Wildman–Crippen LogP) is 2.90. The zero-order valence-electron chi connectivity index (χ0n) is 14.2. The van der Waals surface area contributed by atoms with E-state index < -0.39 is 10.0 Å². The van der Waals surface area contributed by atoms with Crippen LogP contribution >= 0.6 is 0 Å². The maximum atomic E-state index is 12.2. The van der Waals surface area contributed by atoms with Gasteiger partial charge in [-0.15, -0.1) is 0 Å².